The van der Waals surface area contributed by atoms with Crippen molar-refractivity contribution in [1.29, 1.82) is 0 Å². The monoisotopic (exact) mass is 499 g/mol. The van der Waals surface area contributed by atoms with E-state index < -0.39 is 0 Å². The summed E-state index contributed by atoms with van der Waals surface area (Å²) >= 11 is 6.76. The predicted octanol–water partition coefficient (Wildman–Crippen LogP) is 10.3. The summed E-state index contributed by atoms with van der Waals surface area (Å²) < 4.78 is 6.34. The second kappa shape index (κ2) is 17.8. The van der Waals surface area contributed by atoms with Crippen LogP contribution in [0.2, 0.25) is 0 Å². The van der Waals surface area contributed by atoms with Gasteiger partial charge in [-0.05, 0) is 42.7 Å². The summed E-state index contributed by atoms with van der Waals surface area (Å²) in [6, 6.07) is 12.5. The number of ether oxygens (including phenoxy) is 1. The number of halogens is 1. The van der Waals surface area contributed by atoms with E-state index in [2.05, 4.69) is 58.0 Å². The zero-order chi connectivity index (χ0) is 25.3. The molecule has 0 saturated carbocycles. The topological polar surface area (TPSA) is 22.1 Å². The number of hydrogen-bond acceptors (Lipinski definition) is 2. The lowest BCUT2D eigenvalue weighted by atomic mass is 9.97. The van der Waals surface area contributed by atoms with Crippen molar-refractivity contribution < 1.29 is 4.74 Å². The average molecular weight is 500 g/mol. The molecule has 0 saturated heterocycles. The maximum absolute atomic E-state index is 6.76. The Bertz CT molecular complexity index is 791. The van der Waals surface area contributed by atoms with Crippen molar-refractivity contribution in [2.75, 3.05) is 6.61 Å². The van der Waals surface area contributed by atoms with Gasteiger partial charge in [-0.2, -0.15) is 0 Å². The van der Waals surface area contributed by atoms with Gasteiger partial charge in [-0.25, -0.2) is 0 Å². The number of rotatable bonds is 19. The van der Waals surface area contributed by atoms with Gasteiger partial charge in [-0.1, -0.05) is 122 Å². The van der Waals surface area contributed by atoms with Crippen molar-refractivity contribution >= 4 is 11.6 Å². The molecule has 0 spiro atoms. The number of unbranched alkanes of at least 4 members (excludes halogenated alkanes) is 8. The van der Waals surface area contributed by atoms with E-state index in [1.165, 1.54) is 76.2 Å². The number of hydrogen-bond donors (Lipinski definition) is 0. The Labute approximate surface area is 221 Å². The van der Waals surface area contributed by atoms with Gasteiger partial charge in [0.1, 0.15) is 18.1 Å². The molecule has 1 aromatic carbocycles. The van der Waals surface area contributed by atoms with E-state index in [0.29, 0.717) is 12.5 Å². The first-order valence-corrected chi connectivity index (χ1v) is 14.8. The van der Waals surface area contributed by atoms with E-state index in [1.807, 2.05) is 12.3 Å². The van der Waals surface area contributed by atoms with Crippen molar-refractivity contribution in [2.45, 2.75) is 117 Å². The van der Waals surface area contributed by atoms with Gasteiger partial charge in [0.2, 0.25) is 0 Å². The first kappa shape index (κ1) is 29.7. The van der Waals surface area contributed by atoms with E-state index in [-0.39, 0.29) is 5.38 Å². The number of aryl methyl sites for hydroxylation is 1. The molecule has 0 N–H and O–H groups in total. The van der Waals surface area contributed by atoms with Crippen LogP contribution < -0.4 is 4.74 Å². The Hall–Kier alpha value is -1.54. The largest absolute Gasteiger partial charge is 0.490 e. The van der Waals surface area contributed by atoms with E-state index in [0.717, 1.165) is 35.8 Å². The van der Waals surface area contributed by atoms with Crippen LogP contribution in [0.1, 0.15) is 110 Å². The molecule has 0 amide bonds. The molecule has 0 aliphatic carbocycles. The number of nitrogens with zero attached hydrogens (tertiary/aromatic N) is 1. The van der Waals surface area contributed by atoms with Crippen LogP contribution in [0.15, 0.2) is 42.6 Å². The second-order valence-electron chi connectivity index (χ2n) is 10.8. The van der Waals surface area contributed by atoms with Crippen LogP contribution in [0.4, 0.5) is 0 Å². The third-order valence-electron chi connectivity index (χ3n) is 6.98. The van der Waals surface area contributed by atoms with Crippen molar-refractivity contribution in [3.63, 3.8) is 0 Å². The Morgan fingerprint density at radius 1 is 0.829 bits per heavy atom. The molecule has 3 heteroatoms. The van der Waals surface area contributed by atoms with E-state index in [4.69, 9.17) is 21.3 Å². The highest BCUT2D eigenvalue weighted by molar-refractivity contribution is 6.20. The molecule has 0 radical (unpaired) electrons. The minimum Gasteiger partial charge on any atom is -0.490 e. The molecule has 0 aliphatic heterocycles. The molecule has 2 unspecified atom stereocenters. The SMILES string of the molecule is CCCCCCCCCCCc1cnc(-c2ccccc2)c(OCC(Cl)C(C)CCCC(C)C)c1. The Kier molecular flexibility index (Phi) is 15.1. The summed E-state index contributed by atoms with van der Waals surface area (Å²) in [6.45, 7) is 9.62. The fourth-order valence-electron chi connectivity index (χ4n) is 4.55. The summed E-state index contributed by atoms with van der Waals surface area (Å²) in [4.78, 5) is 4.83. The molecule has 196 valence electrons. The number of aromatic nitrogens is 1. The molecular formula is C32H50ClNO. The molecule has 2 rings (SSSR count). The number of benzene rings is 1. The maximum atomic E-state index is 6.76. The summed E-state index contributed by atoms with van der Waals surface area (Å²) in [5, 5.41) is 0.00627. The molecule has 1 aromatic heterocycles. The molecule has 2 aromatic rings. The summed E-state index contributed by atoms with van der Waals surface area (Å²) in [5.74, 6) is 2.05. The van der Waals surface area contributed by atoms with Gasteiger partial charge >= 0.3 is 0 Å². The Morgan fingerprint density at radius 3 is 2.14 bits per heavy atom. The summed E-state index contributed by atoms with van der Waals surface area (Å²) in [7, 11) is 0. The van der Waals surface area contributed by atoms with Gasteiger partial charge in [0.15, 0.2) is 0 Å². The van der Waals surface area contributed by atoms with Gasteiger partial charge in [-0.15, -0.1) is 11.6 Å². The molecule has 2 nitrogen and oxygen atoms in total. The van der Waals surface area contributed by atoms with Gasteiger partial charge in [-0.3, -0.25) is 4.98 Å². The third kappa shape index (κ3) is 12.3. The zero-order valence-corrected chi connectivity index (χ0v) is 23.7. The average Bonchev–Trinajstić information content (AvgIpc) is 2.86. The van der Waals surface area contributed by atoms with Crippen molar-refractivity contribution in [3.8, 4) is 17.0 Å². The van der Waals surface area contributed by atoms with Gasteiger partial charge in [0, 0.05) is 11.8 Å². The highest BCUT2D eigenvalue weighted by atomic mass is 35.5. The zero-order valence-electron chi connectivity index (χ0n) is 22.9. The molecule has 0 aliphatic rings. The molecule has 0 fully saturated rings. The fourth-order valence-corrected chi connectivity index (χ4v) is 4.74. The third-order valence-corrected chi connectivity index (χ3v) is 7.54. The smallest absolute Gasteiger partial charge is 0.145 e. The summed E-state index contributed by atoms with van der Waals surface area (Å²) in [6.07, 6.45) is 18.9. The number of alkyl halides is 1. The predicted molar refractivity (Wildman–Crippen MR) is 154 cm³/mol. The Balaban J connectivity index is 1.90. The standard InChI is InChI=1S/C32H50ClNO/c1-5-6-7-8-9-10-11-12-14-20-28-23-31(32(34-24-28)29-21-15-13-16-22-29)35-25-30(33)27(4)19-17-18-26(2)3/h13,15-16,21-24,26-27,30H,5-12,14,17-20,25H2,1-4H3. The van der Waals surface area contributed by atoms with Crippen LogP contribution in [-0.4, -0.2) is 17.0 Å². The van der Waals surface area contributed by atoms with Crippen molar-refractivity contribution in [2.24, 2.45) is 11.8 Å². The lowest BCUT2D eigenvalue weighted by Crippen LogP contribution is -2.20. The van der Waals surface area contributed by atoms with Crippen molar-refractivity contribution in [1.82, 2.24) is 4.98 Å². The van der Waals surface area contributed by atoms with Gasteiger partial charge in [0.05, 0.1) is 5.38 Å². The molecule has 1 heterocycles. The molecule has 35 heavy (non-hydrogen) atoms. The molecular weight excluding hydrogens is 450 g/mol. The highest BCUT2D eigenvalue weighted by Crippen LogP contribution is 2.30. The van der Waals surface area contributed by atoms with E-state index in [1.54, 1.807) is 0 Å². The van der Waals surface area contributed by atoms with Crippen LogP contribution in [0.25, 0.3) is 11.3 Å². The maximum Gasteiger partial charge on any atom is 0.145 e. The lowest BCUT2D eigenvalue weighted by molar-refractivity contribution is 0.280. The van der Waals surface area contributed by atoms with E-state index in [9.17, 15) is 0 Å². The minimum atomic E-state index is 0.00627. The normalized spacial score (nSPS) is 13.2. The fraction of sp³-hybridized carbons (Fsp3) is 0.656. The quantitative estimate of drug-likeness (QED) is 0.141. The van der Waals surface area contributed by atoms with E-state index >= 15 is 0 Å². The van der Waals surface area contributed by atoms with Gasteiger partial charge < -0.3 is 4.74 Å². The van der Waals surface area contributed by atoms with Crippen LogP contribution in [0.5, 0.6) is 5.75 Å². The lowest BCUT2D eigenvalue weighted by Gasteiger charge is -2.20. The van der Waals surface area contributed by atoms with Crippen molar-refractivity contribution in [3.05, 3.63) is 48.2 Å². The first-order valence-electron chi connectivity index (χ1n) is 14.3. The van der Waals surface area contributed by atoms with Crippen LogP contribution in [-0.2, 0) is 6.42 Å². The number of pyridine rings is 1. The molecule has 0 bridgehead atoms. The van der Waals surface area contributed by atoms with Crippen LogP contribution in [0.3, 0.4) is 0 Å². The second-order valence-corrected chi connectivity index (χ2v) is 11.3. The Morgan fingerprint density at radius 2 is 1.49 bits per heavy atom. The van der Waals surface area contributed by atoms with Crippen LogP contribution in [0, 0.1) is 11.8 Å². The highest BCUT2D eigenvalue weighted by Gasteiger charge is 2.17. The van der Waals surface area contributed by atoms with Crippen LogP contribution >= 0.6 is 11.6 Å². The first-order chi connectivity index (χ1) is 17.0. The summed E-state index contributed by atoms with van der Waals surface area (Å²) in [5.41, 5.74) is 3.27. The minimum absolute atomic E-state index is 0.00627. The molecule has 2 atom stereocenters. The van der Waals surface area contributed by atoms with Gasteiger partial charge in [0.25, 0.3) is 0 Å².